The van der Waals surface area contributed by atoms with Crippen molar-refractivity contribution in [1.82, 2.24) is 4.90 Å². The van der Waals surface area contributed by atoms with Gasteiger partial charge in [0.1, 0.15) is 18.5 Å². The van der Waals surface area contributed by atoms with Gasteiger partial charge in [-0.05, 0) is 42.5 Å². The molecule has 0 aromatic heterocycles. The Bertz CT molecular complexity index is 1320. The highest BCUT2D eigenvalue weighted by Crippen LogP contribution is 2.49. The van der Waals surface area contributed by atoms with E-state index < -0.39 is 12.1 Å². The largest absolute Gasteiger partial charge is 0.508 e. The Kier molecular flexibility index (Phi) is 5.09. The minimum Gasteiger partial charge on any atom is -0.508 e. The van der Waals surface area contributed by atoms with Crippen molar-refractivity contribution in [2.45, 2.75) is 6.17 Å². The van der Waals surface area contributed by atoms with E-state index in [-0.39, 0.29) is 29.9 Å². The van der Waals surface area contributed by atoms with Gasteiger partial charge in [-0.2, -0.15) is 0 Å². The number of ether oxygens (including phenoxy) is 2. The van der Waals surface area contributed by atoms with Gasteiger partial charge in [0.25, 0.3) is 11.8 Å². The van der Waals surface area contributed by atoms with Gasteiger partial charge in [0.15, 0.2) is 11.5 Å². The molecule has 0 saturated carbocycles. The number of nitrogens with zero attached hydrogens (tertiary/aromatic N) is 2. The zero-order chi connectivity index (χ0) is 24.0. The lowest BCUT2D eigenvalue weighted by molar-refractivity contribution is -0.117. The number of nitrogens with one attached hydrogen (secondary N) is 1. The molecule has 1 atom stereocenters. The summed E-state index contributed by atoms with van der Waals surface area (Å²) in [5, 5.41) is 12.2. The predicted molar refractivity (Wildman–Crippen MR) is 123 cm³/mol. The summed E-state index contributed by atoms with van der Waals surface area (Å²) in [5.74, 6) is -0.419. The first kappa shape index (κ1) is 21.3. The maximum Gasteiger partial charge on any atom is 0.264 e. The number of amides is 3. The van der Waals surface area contributed by atoms with E-state index in [0.29, 0.717) is 33.8 Å². The van der Waals surface area contributed by atoms with Crippen LogP contribution in [0.4, 0.5) is 11.4 Å². The minimum absolute atomic E-state index is 0.0712. The van der Waals surface area contributed by atoms with Crippen LogP contribution in [0.3, 0.4) is 0 Å². The lowest BCUT2D eigenvalue weighted by atomic mass is 10.0. The number of rotatable bonds is 5. The molecule has 34 heavy (non-hydrogen) atoms. The Morgan fingerprint density at radius 1 is 0.971 bits per heavy atom. The average Bonchev–Trinajstić information content (AvgIpc) is 3.15. The second-order valence-corrected chi connectivity index (χ2v) is 7.86. The highest BCUT2D eigenvalue weighted by atomic mass is 16.5. The van der Waals surface area contributed by atoms with Crippen molar-refractivity contribution < 1.29 is 29.0 Å². The molecular weight excluding hydrogens is 438 g/mol. The van der Waals surface area contributed by atoms with E-state index in [1.165, 1.54) is 36.2 Å². The number of phenolic OH excluding ortho intramolecular Hbond substituents is 1. The van der Waals surface area contributed by atoms with Crippen molar-refractivity contribution in [2.75, 3.05) is 31.0 Å². The second-order valence-electron chi connectivity index (χ2n) is 7.86. The molecule has 2 heterocycles. The highest BCUT2D eigenvalue weighted by molar-refractivity contribution is 6.18. The molecule has 2 aliphatic heterocycles. The Hall–Kier alpha value is -4.53. The van der Waals surface area contributed by atoms with Crippen LogP contribution in [-0.2, 0) is 4.79 Å². The van der Waals surface area contributed by atoms with Crippen LogP contribution in [0.2, 0.25) is 0 Å². The second kappa shape index (κ2) is 8.11. The lowest BCUT2D eigenvalue weighted by Crippen LogP contribution is -2.50. The molecule has 2 aliphatic rings. The highest BCUT2D eigenvalue weighted by Gasteiger charge is 2.50. The minimum atomic E-state index is -0.824. The third kappa shape index (κ3) is 3.21. The number of hydrogen-bond acceptors (Lipinski definition) is 6. The fourth-order valence-electron chi connectivity index (χ4n) is 4.49. The van der Waals surface area contributed by atoms with Gasteiger partial charge in [0.2, 0.25) is 5.91 Å². The third-order valence-corrected chi connectivity index (χ3v) is 5.95. The van der Waals surface area contributed by atoms with Gasteiger partial charge >= 0.3 is 0 Å². The van der Waals surface area contributed by atoms with Crippen LogP contribution in [0.5, 0.6) is 17.2 Å². The van der Waals surface area contributed by atoms with Gasteiger partial charge in [-0.3, -0.25) is 19.3 Å². The standard InChI is InChI=1S/C25H21N3O6/c1-33-19-12-11-17-21(22(19)34-2)25(32)28-18-6-4-3-5-16(18)24(31)27(23(17)28)13-20(30)26-14-7-9-15(29)10-8-14/h3-12,23,29H,13H2,1-2H3,(H,26,30)/t23-/m1/s1. The van der Waals surface area contributed by atoms with Crippen LogP contribution in [0.25, 0.3) is 0 Å². The van der Waals surface area contributed by atoms with E-state index in [9.17, 15) is 19.5 Å². The third-order valence-electron chi connectivity index (χ3n) is 5.95. The van der Waals surface area contributed by atoms with Crippen LogP contribution < -0.4 is 19.7 Å². The molecule has 0 fully saturated rings. The summed E-state index contributed by atoms with van der Waals surface area (Å²) in [4.78, 5) is 42.9. The molecule has 5 rings (SSSR count). The number of benzene rings is 3. The van der Waals surface area contributed by atoms with Crippen LogP contribution in [-0.4, -0.2) is 48.5 Å². The van der Waals surface area contributed by atoms with Crippen molar-refractivity contribution in [3.05, 3.63) is 77.4 Å². The molecule has 9 heteroatoms. The lowest BCUT2D eigenvalue weighted by Gasteiger charge is -2.40. The summed E-state index contributed by atoms with van der Waals surface area (Å²) in [5.41, 5.74) is 2.10. The molecule has 0 aliphatic carbocycles. The van der Waals surface area contributed by atoms with Crippen molar-refractivity contribution in [1.29, 1.82) is 0 Å². The number of carbonyl (C=O) groups excluding carboxylic acids is 3. The summed E-state index contributed by atoms with van der Waals surface area (Å²) in [6.07, 6.45) is -0.824. The quantitative estimate of drug-likeness (QED) is 0.568. The summed E-state index contributed by atoms with van der Waals surface area (Å²) < 4.78 is 10.9. The van der Waals surface area contributed by atoms with Gasteiger partial charge in [-0.15, -0.1) is 0 Å². The number of fused-ring (bicyclic) bond motifs is 5. The first-order valence-electron chi connectivity index (χ1n) is 10.5. The maximum absolute atomic E-state index is 13.6. The van der Waals surface area contributed by atoms with Crippen molar-refractivity contribution in [3.8, 4) is 17.2 Å². The first-order valence-corrected chi connectivity index (χ1v) is 10.5. The number of anilines is 2. The number of phenols is 1. The van der Waals surface area contributed by atoms with Crippen LogP contribution in [0.15, 0.2) is 60.7 Å². The SMILES string of the molecule is COc1ccc2c(c1OC)C(=O)N1c3ccccc3C(=O)N(CC(=O)Nc3ccc(O)cc3)[C@@H]21. The van der Waals surface area contributed by atoms with Gasteiger partial charge in [-0.1, -0.05) is 18.2 Å². The topological polar surface area (TPSA) is 108 Å². The van der Waals surface area contributed by atoms with Gasteiger partial charge in [-0.25, -0.2) is 0 Å². The van der Waals surface area contributed by atoms with Crippen LogP contribution >= 0.6 is 0 Å². The molecule has 0 unspecified atom stereocenters. The van der Waals surface area contributed by atoms with Crippen LogP contribution in [0.1, 0.15) is 32.4 Å². The number of methoxy groups -OCH3 is 2. The molecule has 3 aromatic carbocycles. The predicted octanol–water partition coefficient (Wildman–Crippen LogP) is 3.16. The Labute approximate surface area is 195 Å². The summed E-state index contributed by atoms with van der Waals surface area (Å²) in [6.45, 7) is -0.295. The van der Waals surface area contributed by atoms with E-state index in [1.807, 2.05) is 0 Å². The molecule has 9 nitrogen and oxygen atoms in total. The molecule has 0 radical (unpaired) electrons. The molecule has 0 spiro atoms. The monoisotopic (exact) mass is 459 g/mol. The van der Waals surface area contributed by atoms with E-state index in [4.69, 9.17) is 9.47 Å². The maximum atomic E-state index is 13.6. The Balaban J connectivity index is 1.58. The zero-order valence-electron chi connectivity index (χ0n) is 18.4. The molecule has 0 bridgehead atoms. The van der Waals surface area contributed by atoms with Gasteiger partial charge in [0, 0.05) is 11.3 Å². The summed E-state index contributed by atoms with van der Waals surface area (Å²) in [7, 11) is 2.93. The fraction of sp³-hybridized carbons (Fsp3) is 0.160. The summed E-state index contributed by atoms with van der Waals surface area (Å²) >= 11 is 0. The van der Waals surface area contributed by atoms with Crippen molar-refractivity contribution >= 4 is 29.1 Å². The van der Waals surface area contributed by atoms with E-state index >= 15 is 0 Å². The Morgan fingerprint density at radius 3 is 2.41 bits per heavy atom. The normalized spacial score (nSPS) is 16.0. The molecular formula is C25H21N3O6. The van der Waals surface area contributed by atoms with Gasteiger partial charge < -0.3 is 24.8 Å². The smallest absolute Gasteiger partial charge is 0.264 e. The summed E-state index contributed by atoms with van der Waals surface area (Å²) in [6, 6.07) is 16.2. The average molecular weight is 459 g/mol. The van der Waals surface area contributed by atoms with Crippen molar-refractivity contribution in [3.63, 3.8) is 0 Å². The number of hydrogen-bond donors (Lipinski definition) is 2. The van der Waals surface area contributed by atoms with E-state index in [2.05, 4.69) is 5.32 Å². The van der Waals surface area contributed by atoms with Gasteiger partial charge in [0.05, 0.1) is 31.0 Å². The van der Waals surface area contributed by atoms with E-state index in [1.54, 1.807) is 48.5 Å². The Morgan fingerprint density at radius 2 is 1.71 bits per heavy atom. The number of aromatic hydroxyl groups is 1. The first-order chi connectivity index (χ1) is 16.4. The molecule has 3 aromatic rings. The van der Waals surface area contributed by atoms with Crippen LogP contribution in [0, 0.1) is 0 Å². The number of para-hydroxylation sites is 1. The molecule has 0 saturated heterocycles. The zero-order valence-corrected chi connectivity index (χ0v) is 18.4. The molecule has 2 N–H and O–H groups in total. The van der Waals surface area contributed by atoms with E-state index in [0.717, 1.165) is 0 Å². The van der Waals surface area contributed by atoms with Crippen molar-refractivity contribution in [2.24, 2.45) is 0 Å². The molecule has 172 valence electrons. The number of carbonyl (C=O) groups is 3. The molecule has 3 amide bonds. The fourth-order valence-corrected chi connectivity index (χ4v) is 4.49.